The van der Waals surface area contributed by atoms with Crippen molar-refractivity contribution in [3.8, 4) is 11.5 Å². The number of nitrogens with zero attached hydrogens (tertiary/aromatic N) is 2. The van der Waals surface area contributed by atoms with Crippen LogP contribution in [0.3, 0.4) is 0 Å². The molecule has 0 aliphatic carbocycles. The number of methoxy groups -OCH3 is 2. The van der Waals surface area contributed by atoms with Crippen LogP contribution in [0.1, 0.15) is 30.4 Å². The molecule has 2 fully saturated rings. The summed E-state index contributed by atoms with van der Waals surface area (Å²) in [4.78, 5) is 38.8. The maximum absolute atomic E-state index is 13.2. The van der Waals surface area contributed by atoms with Crippen LogP contribution < -0.4 is 20.7 Å². The summed E-state index contributed by atoms with van der Waals surface area (Å²) >= 11 is 0. The van der Waals surface area contributed by atoms with E-state index in [0.717, 1.165) is 4.57 Å². The number of aromatic nitrogens is 2. The van der Waals surface area contributed by atoms with Crippen LogP contribution in [-0.2, 0) is 20.8 Å². The largest absolute Gasteiger partial charge is 0.497 e. The quantitative estimate of drug-likeness (QED) is 0.579. The molecule has 33 heavy (non-hydrogen) atoms. The monoisotopic (exact) mass is 462 g/mol. The molecular weight excluding hydrogens is 436 g/mol. The highest BCUT2D eigenvalue weighted by Crippen LogP contribution is 2.42. The lowest BCUT2D eigenvalue weighted by atomic mass is 10.1. The lowest BCUT2D eigenvalue weighted by molar-refractivity contribution is -0.200. The molecule has 1 aromatic carbocycles. The third kappa shape index (κ3) is 4.20. The van der Waals surface area contributed by atoms with Crippen molar-refractivity contribution in [3.63, 3.8) is 0 Å². The number of hydrogen-bond acceptors (Lipinski definition) is 9. The zero-order valence-corrected chi connectivity index (χ0v) is 18.7. The number of rotatable bonds is 7. The number of carbonyl (C=O) groups excluding carboxylic acids is 1. The molecule has 0 unspecified atom stereocenters. The van der Waals surface area contributed by atoms with E-state index >= 15 is 0 Å². The van der Waals surface area contributed by atoms with Gasteiger partial charge in [-0.15, -0.1) is 0 Å². The Morgan fingerprint density at radius 2 is 1.85 bits per heavy atom. The summed E-state index contributed by atoms with van der Waals surface area (Å²) in [6.07, 6.45) is -1.65. The normalized spacial score (nSPS) is 25.6. The predicted octanol–water partition coefficient (Wildman–Crippen LogP) is 0.320. The first-order chi connectivity index (χ1) is 15.7. The Labute approximate surface area is 189 Å². The van der Waals surface area contributed by atoms with Gasteiger partial charge in [0, 0.05) is 12.3 Å². The maximum Gasteiger partial charge on any atom is 0.333 e. The van der Waals surface area contributed by atoms with E-state index in [9.17, 15) is 19.5 Å². The fraction of sp³-hybridized carbons (Fsp3) is 0.500. The molecule has 11 heteroatoms. The lowest BCUT2D eigenvalue weighted by Gasteiger charge is -2.24. The van der Waals surface area contributed by atoms with E-state index in [1.165, 1.54) is 37.1 Å². The van der Waals surface area contributed by atoms with Crippen molar-refractivity contribution >= 4 is 5.78 Å². The number of hydrogen-bond donors (Lipinski definition) is 1. The maximum atomic E-state index is 13.2. The van der Waals surface area contributed by atoms with Crippen LogP contribution in [0.25, 0.3) is 0 Å². The molecule has 0 spiro atoms. The number of aliphatic hydroxyl groups excluding tert-OH is 1. The zero-order valence-electron chi connectivity index (χ0n) is 18.7. The first-order valence-electron chi connectivity index (χ1n) is 10.4. The smallest absolute Gasteiger partial charge is 0.333 e. The van der Waals surface area contributed by atoms with Crippen molar-refractivity contribution < 1.29 is 33.6 Å². The first-order valence-corrected chi connectivity index (χ1v) is 10.4. The van der Waals surface area contributed by atoms with Crippen LogP contribution in [-0.4, -0.2) is 64.9 Å². The zero-order chi connectivity index (χ0) is 23.9. The van der Waals surface area contributed by atoms with E-state index in [0.29, 0.717) is 5.75 Å². The van der Waals surface area contributed by atoms with E-state index in [4.69, 9.17) is 23.7 Å². The summed E-state index contributed by atoms with van der Waals surface area (Å²) < 4.78 is 29.9. The van der Waals surface area contributed by atoms with Gasteiger partial charge in [0.2, 0.25) is 0 Å². The summed E-state index contributed by atoms with van der Waals surface area (Å²) in [5.74, 6) is -0.723. The van der Waals surface area contributed by atoms with Gasteiger partial charge < -0.3 is 28.8 Å². The van der Waals surface area contributed by atoms with Gasteiger partial charge in [-0.25, -0.2) is 4.79 Å². The van der Waals surface area contributed by atoms with Gasteiger partial charge in [0.15, 0.2) is 17.8 Å². The van der Waals surface area contributed by atoms with Crippen molar-refractivity contribution in [3.05, 3.63) is 56.9 Å². The second-order valence-corrected chi connectivity index (χ2v) is 8.23. The molecule has 1 aromatic heterocycles. The Morgan fingerprint density at radius 3 is 2.52 bits per heavy atom. The molecule has 0 bridgehead atoms. The van der Waals surface area contributed by atoms with Crippen LogP contribution in [0.5, 0.6) is 11.5 Å². The molecule has 2 aliphatic rings. The Kier molecular flexibility index (Phi) is 6.14. The highest BCUT2D eigenvalue weighted by molar-refractivity contribution is 5.98. The molecule has 0 saturated carbocycles. The fourth-order valence-electron chi connectivity index (χ4n) is 4.16. The predicted molar refractivity (Wildman–Crippen MR) is 114 cm³/mol. The molecule has 2 aliphatic heterocycles. The molecule has 2 aromatic rings. The Morgan fingerprint density at radius 1 is 1.12 bits per heavy atom. The number of carbonyl (C=O) groups is 1. The number of benzene rings is 1. The van der Waals surface area contributed by atoms with Crippen molar-refractivity contribution in [2.75, 3.05) is 20.8 Å². The van der Waals surface area contributed by atoms with Gasteiger partial charge in [-0.3, -0.25) is 18.7 Å². The molecule has 11 nitrogen and oxygen atoms in total. The van der Waals surface area contributed by atoms with E-state index in [1.807, 2.05) is 0 Å². The molecule has 3 heterocycles. The van der Waals surface area contributed by atoms with Crippen molar-refractivity contribution in [2.45, 2.75) is 50.7 Å². The van der Waals surface area contributed by atoms with Gasteiger partial charge in [-0.05, 0) is 32.0 Å². The molecule has 0 amide bonds. The topological polar surface area (TPSA) is 127 Å². The van der Waals surface area contributed by atoms with Gasteiger partial charge in [0.25, 0.3) is 5.56 Å². The molecule has 178 valence electrons. The van der Waals surface area contributed by atoms with E-state index < -0.39 is 53.9 Å². The van der Waals surface area contributed by atoms with Gasteiger partial charge in [-0.2, -0.15) is 0 Å². The molecule has 4 rings (SSSR count). The third-order valence-electron chi connectivity index (χ3n) is 5.68. The highest BCUT2D eigenvalue weighted by Gasteiger charge is 2.55. The van der Waals surface area contributed by atoms with E-state index in [-0.39, 0.29) is 17.9 Å². The third-order valence-corrected chi connectivity index (χ3v) is 5.68. The molecular formula is C22H26N2O9. The number of Topliss-reactive ketones (excluding diaryl/α,β-unsaturated/α-hetero) is 1. The Hall–Kier alpha value is -2.99. The number of fused-ring (bicyclic) bond motifs is 1. The average molecular weight is 462 g/mol. The van der Waals surface area contributed by atoms with Gasteiger partial charge in [-0.1, -0.05) is 0 Å². The number of aliphatic hydroxyl groups is 1. The van der Waals surface area contributed by atoms with Crippen molar-refractivity contribution in [2.24, 2.45) is 0 Å². The summed E-state index contributed by atoms with van der Waals surface area (Å²) in [6.45, 7) is 2.59. The van der Waals surface area contributed by atoms with Crippen molar-refractivity contribution in [1.29, 1.82) is 0 Å². The summed E-state index contributed by atoms with van der Waals surface area (Å²) in [5.41, 5.74) is -1.23. The lowest BCUT2D eigenvalue weighted by Crippen LogP contribution is -2.44. The van der Waals surface area contributed by atoms with Gasteiger partial charge >= 0.3 is 5.69 Å². The minimum absolute atomic E-state index is 0.172. The molecule has 2 saturated heterocycles. The van der Waals surface area contributed by atoms with Crippen LogP contribution in [0.2, 0.25) is 0 Å². The van der Waals surface area contributed by atoms with Crippen LogP contribution >= 0.6 is 0 Å². The standard InChI is InChI=1S/C22H26N2O9/c1-22(2)32-18-16(11-25)31-20(19(18)33-22)23-8-7-17(27)24(21(23)28)10-14(26)13-9-12(29-3)5-6-15(13)30-4/h5-9,16,18-20,25H,10-11H2,1-4H3/t16-,18-,19-,20-/m1/s1. The molecule has 1 N–H and O–H groups in total. The molecule has 4 atom stereocenters. The second kappa shape index (κ2) is 8.75. The van der Waals surface area contributed by atoms with Gasteiger partial charge in [0.05, 0.1) is 32.9 Å². The number of ether oxygens (including phenoxy) is 5. The van der Waals surface area contributed by atoms with Crippen LogP contribution in [0, 0.1) is 0 Å². The molecule has 0 radical (unpaired) electrons. The fourth-order valence-corrected chi connectivity index (χ4v) is 4.16. The van der Waals surface area contributed by atoms with Gasteiger partial charge in [0.1, 0.15) is 29.8 Å². The average Bonchev–Trinajstić information content (AvgIpc) is 3.28. The van der Waals surface area contributed by atoms with Crippen LogP contribution in [0.15, 0.2) is 40.1 Å². The van der Waals surface area contributed by atoms with Crippen molar-refractivity contribution in [1.82, 2.24) is 9.13 Å². The Balaban J connectivity index is 1.68. The minimum atomic E-state index is -0.949. The van der Waals surface area contributed by atoms with Crippen LogP contribution in [0.4, 0.5) is 0 Å². The SMILES string of the molecule is COc1ccc(OC)c(C(=O)Cn2c(=O)ccn([C@@H]3O[C@H](CO)[C@H]4OC(C)(C)O[C@H]43)c2=O)c1. The highest BCUT2D eigenvalue weighted by atomic mass is 16.8. The Bertz CT molecular complexity index is 1170. The first kappa shape index (κ1) is 23.2. The minimum Gasteiger partial charge on any atom is -0.497 e. The number of ketones is 1. The van der Waals surface area contributed by atoms with E-state index in [2.05, 4.69) is 0 Å². The summed E-state index contributed by atoms with van der Waals surface area (Å²) in [6, 6.07) is 5.85. The summed E-state index contributed by atoms with van der Waals surface area (Å²) in [5, 5.41) is 9.68. The summed E-state index contributed by atoms with van der Waals surface area (Å²) in [7, 11) is 2.87. The second-order valence-electron chi connectivity index (χ2n) is 8.23. The van der Waals surface area contributed by atoms with E-state index in [1.54, 1.807) is 26.0 Å².